The molecule has 4 nitrogen and oxygen atoms in total. The number of aryl methyl sites for hydroxylation is 1. The highest BCUT2D eigenvalue weighted by molar-refractivity contribution is 6.32. The lowest BCUT2D eigenvalue weighted by Crippen LogP contribution is -2.13. The molecule has 0 saturated carbocycles. The predicted molar refractivity (Wildman–Crippen MR) is 111 cm³/mol. The molecule has 0 radical (unpaired) electrons. The van der Waals surface area contributed by atoms with E-state index in [1.807, 2.05) is 43.3 Å². The van der Waals surface area contributed by atoms with Gasteiger partial charge >= 0.3 is 0 Å². The number of nitriles is 1. The summed E-state index contributed by atoms with van der Waals surface area (Å²) in [6.45, 7) is 1.91. The van der Waals surface area contributed by atoms with E-state index >= 15 is 0 Å². The Hall–Kier alpha value is -3.29. The first-order valence-electron chi connectivity index (χ1n) is 8.73. The monoisotopic (exact) mass is 390 g/mol. The maximum absolute atomic E-state index is 12.7. The number of carbonyl (C=O) groups is 1. The smallest absolute Gasteiger partial charge is 0.259 e. The minimum atomic E-state index is -0.477. The average molecular weight is 391 g/mol. The van der Waals surface area contributed by atoms with Crippen LogP contribution < -0.4 is 10.1 Å². The molecule has 5 heteroatoms. The highest BCUT2D eigenvalue weighted by atomic mass is 35.5. The summed E-state index contributed by atoms with van der Waals surface area (Å²) in [6, 6.07) is 22.3. The van der Waals surface area contributed by atoms with Crippen LogP contribution >= 0.6 is 11.6 Å². The van der Waals surface area contributed by atoms with Gasteiger partial charge in [0.05, 0.1) is 24.7 Å². The van der Waals surface area contributed by atoms with Crippen molar-refractivity contribution in [1.29, 1.82) is 5.26 Å². The molecule has 0 fully saturated rings. The first-order valence-corrected chi connectivity index (χ1v) is 9.11. The molecular formula is C23H19ClN2O2. The van der Waals surface area contributed by atoms with Gasteiger partial charge in [0.2, 0.25) is 0 Å². The molecule has 0 bridgehead atoms. The summed E-state index contributed by atoms with van der Waals surface area (Å²) in [5.41, 5.74) is 3.52. The third-order valence-electron chi connectivity index (χ3n) is 4.43. The van der Waals surface area contributed by atoms with Crippen molar-refractivity contribution >= 4 is 23.2 Å². The van der Waals surface area contributed by atoms with Crippen LogP contribution in [-0.2, 0) is 0 Å². The number of hydrogen-bond donors (Lipinski definition) is 1. The molecule has 0 aromatic heterocycles. The normalized spacial score (nSPS) is 11.4. The van der Waals surface area contributed by atoms with Gasteiger partial charge in [-0.1, -0.05) is 59.6 Å². The van der Waals surface area contributed by atoms with Crippen LogP contribution in [0.2, 0.25) is 5.02 Å². The Balaban J connectivity index is 1.86. The number of anilines is 1. The van der Waals surface area contributed by atoms with Crippen molar-refractivity contribution in [3.05, 3.63) is 94.0 Å². The van der Waals surface area contributed by atoms with Gasteiger partial charge in [-0.05, 0) is 42.3 Å². The van der Waals surface area contributed by atoms with Gasteiger partial charge in [0.15, 0.2) is 0 Å². The summed E-state index contributed by atoms with van der Waals surface area (Å²) in [5.74, 6) is -0.265. The quantitative estimate of drug-likeness (QED) is 0.619. The van der Waals surface area contributed by atoms with Crippen molar-refractivity contribution < 1.29 is 9.53 Å². The van der Waals surface area contributed by atoms with Gasteiger partial charge in [0, 0.05) is 10.7 Å². The SMILES string of the molecule is COc1ccc(C)cc1C(=O)Nc1ccc(C(C#N)c2ccccc2)c(Cl)c1. The van der Waals surface area contributed by atoms with Gasteiger partial charge in [-0.25, -0.2) is 0 Å². The Labute approximate surface area is 169 Å². The summed E-state index contributed by atoms with van der Waals surface area (Å²) in [4.78, 5) is 12.7. The minimum absolute atomic E-state index is 0.288. The Morgan fingerprint density at radius 2 is 1.86 bits per heavy atom. The van der Waals surface area contributed by atoms with Crippen molar-refractivity contribution in [3.8, 4) is 11.8 Å². The third kappa shape index (κ3) is 4.16. The van der Waals surface area contributed by atoms with Crippen molar-refractivity contribution in [2.45, 2.75) is 12.8 Å². The van der Waals surface area contributed by atoms with E-state index in [0.29, 0.717) is 27.6 Å². The molecule has 0 saturated heterocycles. The van der Waals surface area contributed by atoms with Gasteiger partial charge in [-0.3, -0.25) is 4.79 Å². The molecule has 1 unspecified atom stereocenters. The summed E-state index contributed by atoms with van der Waals surface area (Å²) in [6.07, 6.45) is 0. The number of nitrogens with one attached hydrogen (secondary N) is 1. The van der Waals surface area contributed by atoms with Crippen LogP contribution in [0.4, 0.5) is 5.69 Å². The van der Waals surface area contributed by atoms with E-state index in [4.69, 9.17) is 16.3 Å². The second kappa shape index (κ2) is 8.60. The second-order valence-corrected chi connectivity index (χ2v) is 6.77. The van der Waals surface area contributed by atoms with Crippen molar-refractivity contribution in [2.24, 2.45) is 0 Å². The maximum Gasteiger partial charge on any atom is 0.259 e. The van der Waals surface area contributed by atoms with Crippen LogP contribution in [0.3, 0.4) is 0 Å². The number of ether oxygens (including phenoxy) is 1. The van der Waals surface area contributed by atoms with Crippen LogP contribution in [0.1, 0.15) is 33.0 Å². The Morgan fingerprint density at radius 1 is 1.11 bits per heavy atom. The molecule has 0 aliphatic heterocycles. The Morgan fingerprint density at radius 3 is 2.50 bits per heavy atom. The molecule has 3 aromatic rings. The van der Waals surface area contributed by atoms with Gasteiger partial charge in [-0.15, -0.1) is 0 Å². The zero-order valence-corrected chi connectivity index (χ0v) is 16.3. The van der Waals surface area contributed by atoms with Crippen LogP contribution in [0, 0.1) is 18.3 Å². The standard InChI is InChI=1S/C23H19ClN2O2/c1-15-8-11-22(28-2)19(12-15)23(27)26-17-9-10-18(21(24)13-17)20(14-25)16-6-4-3-5-7-16/h3-13,20H,1-2H3,(H,26,27). The van der Waals surface area contributed by atoms with E-state index in [9.17, 15) is 10.1 Å². The fourth-order valence-corrected chi connectivity index (χ4v) is 3.30. The Bertz CT molecular complexity index is 1040. The summed E-state index contributed by atoms with van der Waals surface area (Å²) < 4.78 is 5.27. The molecule has 28 heavy (non-hydrogen) atoms. The summed E-state index contributed by atoms with van der Waals surface area (Å²) >= 11 is 6.44. The molecule has 1 amide bonds. The zero-order valence-electron chi connectivity index (χ0n) is 15.6. The number of halogens is 1. The fourth-order valence-electron chi connectivity index (χ4n) is 3.01. The van der Waals surface area contributed by atoms with Crippen LogP contribution in [0.15, 0.2) is 66.7 Å². The molecular weight excluding hydrogens is 372 g/mol. The van der Waals surface area contributed by atoms with Gasteiger partial charge in [-0.2, -0.15) is 5.26 Å². The zero-order chi connectivity index (χ0) is 20.1. The maximum atomic E-state index is 12.7. The van der Waals surface area contributed by atoms with Crippen LogP contribution in [0.5, 0.6) is 5.75 Å². The first kappa shape index (κ1) is 19.5. The first-order chi connectivity index (χ1) is 13.5. The lowest BCUT2D eigenvalue weighted by molar-refractivity contribution is 0.102. The van der Waals surface area contributed by atoms with Crippen molar-refractivity contribution in [3.63, 3.8) is 0 Å². The number of carbonyl (C=O) groups excluding carboxylic acids is 1. The van der Waals surface area contributed by atoms with Crippen molar-refractivity contribution in [1.82, 2.24) is 0 Å². The molecule has 3 rings (SSSR count). The number of benzene rings is 3. The van der Waals surface area contributed by atoms with E-state index in [2.05, 4.69) is 11.4 Å². The highest BCUT2D eigenvalue weighted by Gasteiger charge is 2.18. The fraction of sp³-hybridized carbons (Fsp3) is 0.130. The van der Waals surface area contributed by atoms with E-state index < -0.39 is 5.92 Å². The van der Waals surface area contributed by atoms with E-state index in [1.54, 1.807) is 30.3 Å². The molecule has 0 spiro atoms. The van der Waals surface area contributed by atoms with E-state index in [1.165, 1.54) is 7.11 Å². The van der Waals surface area contributed by atoms with Crippen molar-refractivity contribution in [2.75, 3.05) is 12.4 Å². The molecule has 1 atom stereocenters. The van der Waals surface area contributed by atoms with Crippen LogP contribution in [-0.4, -0.2) is 13.0 Å². The average Bonchev–Trinajstić information content (AvgIpc) is 2.71. The lowest BCUT2D eigenvalue weighted by atomic mass is 9.92. The molecule has 0 aliphatic carbocycles. The van der Waals surface area contributed by atoms with Gasteiger partial charge in [0.25, 0.3) is 5.91 Å². The Kier molecular flexibility index (Phi) is 5.98. The highest BCUT2D eigenvalue weighted by Crippen LogP contribution is 2.32. The van der Waals surface area contributed by atoms with E-state index in [-0.39, 0.29) is 5.91 Å². The molecule has 3 aromatic carbocycles. The summed E-state index contributed by atoms with van der Waals surface area (Å²) in [7, 11) is 1.53. The van der Waals surface area contributed by atoms with Gasteiger partial charge < -0.3 is 10.1 Å². The number of methoxy groups -OCH3 is 1. The minimum Gasteiger partial charge on any atom is -0.496 e. The predicted octanol–water partition coefficient (Wildman–Crippen LogP) is 5.56. The number of nitrogens with zero attached hydrogens (tertiary/aromatic N) is 1. The number of rotatable bonds is 5. The molecule has 0 aliphatic rings. The number of hydrogen-bond acceptors (Lipinski definition) is 3. The largest absolute Gasteiger partial charge is 0.496 e. The topological polar surface area (TPSA) is 62.1 Å². The summed E-state index contributed by atoms with van der Waals surface area (Å²) in [5, 5.41) is 12.9. The van der Waals surface area contributed by atoms with Gasteiger partial charge in [0.1, 0.15) is 5.75 Å². The third-order valence-corrected chi connectivity index (χ3v) is 4.76. The molecule has 140 valence electrons. The second-order valence-electron chi connectivity index (χ2n) is 6.37. The number of amides is 1. The molecule has 1 N–H and O–H groups in total. The van der Waals surface area contributed by atoms with Crippen LogP contribution in [0.25, 0.3) is 0 Å². The molecule has 0 heterocycles. The van der Waals surface area contributed by atoms with E-state index in [0.717, 1.165) is 11.1 Å². The lowest BCUT2D eigenvalue weighted by Gasteiger charge is -2.14.